The number of hydrogen-bond acceptors (Lipinski definition) is 3. The third-order valence-corrected chi connectivity index (χ3v) is 5.30. The number of nitrogens with zero attached hydrogens (tertiary/aromatic N) is 1. The maximum absolute atomic E-state index is 13.3. The van der Waals surface area contributed by atoms with Crippen molar-refractivity contribution in [3.63, 3.8) is 0 Å². The Labute approximate surface area is 135 Å². The van der Waals surface area contributed by atoms with E-state index in [0.717, 1.165) is 17.9 Å². The number of hydrogen-bond donors (Lipinski definition) is 0. The van der Waals surface area contributed by atoms with E-state index >= 15 is 0 Å². The first-order valence-corrected chi connectivity index (χ1v) is 9.65. The molecule has 7 heteroatoms. The molecule has 1 aliphatic heterocycles. The van der Waals surface area contributed by atoms with Crippen molar-refractivity contribution in [1.29, 1.82) is 0 Å². The van der Waals surface area contributed by atoms with Crippen LogP contribution in [-0.2, 0) is 14.6 Å². The number of likely N-dealkylation sites (tertiary alicyclic amines) is 1. The van der Waals surface area contributed by atoms with E-state index in [2.05, 4.69) is 0 Å². The molecule has 128 valence electrons. The van der Waals surface area contributed by atoms with Crippen LogP contribution in [-0.4, -0.2) is 44.3 Å². The third kappa shape index (κ3) is 4.73. The van der Waals surface area contributed by atoms with Gasteiger partial charge in [-0.15, -0.1) is 0 Å². The highest BCUT2D eigenvalue weighted by Crippen LogP contribution is 2.29. The molecule has 0 aliphatic carbocycles. The SMILES string of the molecule is CC(CS(C)(=O)=O)C(=O)N1CCC(c2ccc(F)c(F)c2)CC1. The molecule has 1 saturated heterocycles. The molecular weight excluding hydrogens is 324 g/mol. The second-order valence-corrected chi connectivity index (χ2v) is 8.45. The average Bonchev–Trinajstić information content (AvgIpc) is 2.48. The summed E-state index contributed by atoms with van der Waals surface area (Å²) in [7, 11) is -3.19. The predicted octanol–water partition coefficient (Wildman–Crippen LogP) is 2.35. The molecule has 0 saturated carbocycles. The molecule has 1 amide bonds. The maximum Gasteiger partial charge on any atom is 0.226 e. The fourth-order valence-corrected chi connectivity index (χ4v) is 4.09. The lowest BCUT2D eigenvalue weighted by Crippen LogP contribution is -2.42. The van der Waals surface area contributed by atoms with Gasteiger partial charge in [-0.3, -0.25) is 4.79 Å². The van der Waals surface area contributed by atoms with Gasteiger partial charge in [0.15, 0.2) is 11.6 Å². The number of sulfone groups is 1. The number of amides is 1. The van der Waals surface area contributed by atoms with Gasteiger partial charge in [0.05, 0.1) is 5.75 Å². The highest BCUT2D eigenvalue weighted by Gasteiger charge is 2.28. The smallest absolute Gasteiger partial charge is 0.226 e. The van der Waals surface area contributed by atoms with Gasteiger partial charge < -0.3 is 4.90 Å². The number of carbonyl (C=O) groups is 1. The summed E-state index contributed by atoms with van der Waals surface area (Å²) in [6.45, 7) is 2.61. The van der Waals surface area contributed by atoms with Crippen molar-refractivity contribution in [1.82, 2.24) is 4.90 Å². The Balaban J connectivity index is 1.95. The molecule has 1 unspecified atom stereocenters. The van der Waals surface area contributed by atoms with Gasteiger partial charge in [0.1, 0.15) is 9.84 Å². The minimum atomic E-state index is -3.19. The van der Waals surface area contributed by atoms with Crippen molar-refractivity contribution in [2.45, 2.75) is 25.7 Å². The van der Waals surface area contributed by atoms with Gasteiger partial charge in [0, 0.05) is 25.3 Å². The van der Waals surface area contributed by atoms with E-state index in [-0.39, 0.29) is 17.6 Å². The number of benzene rings is 1. The minimum Gasteiger partial charge on any atom is -0.342 e. The van der Waals surface area contributed by atoms with E-state index in [1.807, 2.05) is 0 Å². The Morgan fingerprint density at radius 3 is 2.39 bits per heavy atom. The molecule has 1 fully saturated rings. The lowest BCUT2D eigenvalue weighted by molar-refractivity contribution is -0.135. The second-order valence-electron chi connectivity index (χ2n) is 6.27. The average molecular weight is 345 g/mol. The number of carbonyl (C=O) groups excluding carboxylic acids is 1. The van der Waals surface area contributed by atoms with E-state index in [4.69, 9.17) is 0 Å². The van der Waals surface area contributed by atoms with Gasteiger partial charge in [-0.05, 0) is 36.5 Å². The van der Waals surface area contributed by atoms with Gasteiger partial charge in [0.25, 0.3) is 0 Å². The predicted molar refractivity (Wildman–Crippen MR) is 83.8 cm³/mol. The summed E-state index contributed by atoms with van der Waals surface area (Å²) < 4.78 is 48.9. The largest absolute Gasteiger partial charge is 0.342 e. The first kappa shape index (κ1) is 17.8. The number of halogens is 2. The first-order valence-electron chi connectivity index (χ1n) is 7.59. The van der Waals surface area contributed by atoms with Crippen molar-refractivity contribution >= 4 is 15.7 Å². The van der Waals surface area contributed by atoms with Crippen LogP contribution in [0.5, 0.6) is 0 Å². The van der Waals surface area contributed by atoms with Crippen LogP contribution in [0.25, 0.3) is 0 Å². The van der Waals surface area contributed by atoms with Crippen molar-refractivity contribution < 1.29 is 22.0 Å². The molecular formula is C16H21F2NO3S. The van der Waals surface area contributed by atoms with E-state index in [9.17, 15) is 22.0 Å². The Morgan fingerprint density at radius 1 is 1.26 bits per heavy atom. The Morgan fingerprint density at radius 2 is 1.87 bits per heavy atom. The van der Waals surface area contributed by atoms with E-state index in [0.29, 0.717) is 25.9 Å². The summed E-state index contributed by atoms with van der Waals surface area (Å²) >= 11 is 0. The summed E-state index contributed by atoms with van der Waals surface area (Å²) in [5.41, 5.74) is 0.736. The number of rotatable bonds is 4. The van der Waals surface area contributed by atoms with Gasteiger partial charge in [0.2, 0.25) is 5.91 Å². The van der Waals surface area contributed by atoms with Crippen LogP contribution in [0.4, 0.5) is 8.78 Å². The Kier molecular flexibility index (Phi) is 5.39. The molecule has 1 aromatic carbocycles. The van der Waals surface area contributed by atoms with E-state index in [1.54, 1.807) is 17.9 Å². The molecule has 4 nitrogen and oxygen atoms in total. The van der Waals surface area contributed by atoms with E-state index < -0.39 is 27.4 Å². The van der Waals surface area contributed by atoms with Gasteiger partial charge in [-0.1, -0.05) is 13.0 Å². The summed E-state index contributed by atoms with van der Waals surface area (Å²) in [6.07, 6.45) is 2.43. The minimum absolute atomic E-state index is 0.0827. The maximum atomic E-state index is 13.3. The highest BCUT2D eigenvalue weighted by atomic mass is 32.2. The van der Waals surface area contributed by atoms with Gasteiger partial charge in [-0.2, -0.15) is 0 Å². The van der Waals surface area contributed by atoms with Crippen LogP contribution in [0.2, 0.25) is 0 Å². The van der Waals surface area contributed by atoms with Crippen LogP contribution < -0.4 is 0 Å². The zero-order chi connectivity index (χ0) is 17.2. The molecule has 23 heavy (non-hydrogen) atoms. The quantitative estimate of drug-likeness (QED) is 0.842. The molecule has 1 heterocycles. The van der Waals surface area contributed by atoms with Crippen LogP contribution >= 0.6 is 0 Å². The molecule has 0 spiro atoms. The Bertz CT molecular complexity index is 683. The molecule has 0 bridgehead atoms. The summed E-state index contributed by atoms with van der Waals surface area (Å²) in [5.74, 6) is -2.53. The molecule has 1 aromatic rings. The molecule has 1 aliphatic rings. The van der Waals surface area contributed by atoms with Gasteiger partial charge in [-0.25, -0.2) is 17.2 Å². The van der Waals surface area contributed by atoms with Crippen molar-refractivity contribution in [2.24, 2.45) is 5.92 Å². The fraction of sp³-hybridized carbons (Fsp3) is 0.562. The number of piperidine rings is 1. The zero-order valence-corrected chi connectivity index (χ0v) is 14.1. The monoisotopic (exact) mass is 345 g/mol. The van der Waals surface area contributed by atoms with Crippen LogP contribution in [0.1, 0.15) is 31.2 Å². The summed E-state index contributed by atoms with van der Waals surface area (Å²) in [6, 6.07) is 3.91. The molecule has 1 atom stereocenters. The first-order chi connectivity index (χ1) is 10.7. The van der Waals surface area contributed by atoms with E-state index in [1.165, 1.54) is 6.07 Å². The van der Waals surface area contributed by atoms with Gasteiger partial charge >= 0.3 is 0 Å². The Hall–Kier alpha value is -1.50. The summed E-state index contributed by atoms with van der Waals surface area (Å²) in [4.78, 5) is 13.9. The normalized spacial score (nSPS) is 18.0. The second kappa shape index (κ2) is 6.95. The van der Waals surface area contributed by atoms with Crippen molar-refractivity contribution in [3.05, 3.63) is 35.4 Å². The molecule has 0 aromatic heterocycles. The van der Waals surface area contributed by atoms with Crippen LogP contribution in [0.3, 0.4) is 0 Å². The fourth-order valence-electron chi connectivity index (χ4n) is 3.04. The molecule has 0 radical (unpaired) electrons. The standard InChI is InChI=1S/C16H21F2NO3S/c1-11(10-23(2,21)22)16(20)19-7-5-12(6-8-19)13-3-4-14(17)15(18)9-13/h3-4,9,11-12H,5-8,10H2,1-2H3. The van der Waals surface area contributed by atoms with Crippen molar-refractivity contribution in [2.75, 3.05) is 25.1 Å². The lowest BCUT2D eigenvalue weighted by atomic mass is 9.89. The lowest BCUT2D eigenvalue weighted by Gasteiger charge is -2.33. The summed E-state index contributed by atoms with van der Waals surface area (Å²) in [5, 5.41) is 0. The zero-order valence-electron chi connectivity index (χ0n) is 13.3. The third-order valence-electron chi connectivity index (χ3n) is 4.20. The van der Waals surface area contributed by atoms with Crippen LogP contribution in [0.15, 0.2) is 18.2 Å². The highest BCUT2D eigenvalue weighted by molar-refractivity contribution is 7.90. The van der Waals surface area contributed by atoms with Crippen LogP contribution in [0, 0.1) is 17.6 Å². The van der Waals surface area contributed by atoms with Crippen molar-refractivity contribution in [3.8, 4) is 0 Å². The topological polar surface area (TPSA) is 54.5 Å². The molecule has 2 rings (SSSR count). The molecule has 0 N–H and O–H groups in total.